The molecule has 24 heavy (non-hydrogen) atoms. The van der Waals surface area contributed by atoms with Gasteiger partial charge in [0, 0.05) is 19.7 Å². The molecule has 2 atom stereocenters. The maximum atomic E-state index is 12.9. The third-order valence-electron chi connectivity index (χ3n) is 4.65. The van der Waals surface area contributed by atoms with E-state index in [1.807, 2.05) is 30.3 Å². The van der Waals surface area contributed by atoms with Crippen LogP contribution in [0.1, 0.15) is 37.9 Å². The van der Waals surface area contributed by atoms with Crippen molar-refractivity contribution in [2.24, 2.45) is 5.92 Å². The van der Waals surface area contributed by atoms with E-state index < -0.39 is 0 Å². The van der Waals surface area contributed by atoms with E-state index in [2.05, 4.69) is 4.98 Å². The molecule has 1 fully saturated rings. The van der Waals surface area contributed by atoms with Gasteiger partial charge < -0.3 is 9.15 Å². The summed E-state index contributed by atoms with van der Waals surface area (Å²) in [5.41, 5.74) is 0. The summed E-state index contributed by atoms with van der Waals surface area (Å²) in [6, 6.07) is 9.32. The average molecular weight is 328 g/mol. The first-order valence-electron chi connectivity index (χ1n) is 8.53. The summed E-state index contributed by atoms with van der Waals surface area (Å²) in [6.07, 6.45) is 8.40. The SMILES string of the molecule is COC1CCCC(CC(=O)N(Cc2ccco2)c2ccccn2)C1. The number of carbonyl (C=O) groups is 1. The van der Waals surface area contributed by atoms with Crippen LogP contribution in [0.4, 0.5) is 5.82 Å². The number of pyridine rings is 1. The molecule has 0 radical (unpaired) electrons. The Morgan fingerprint density at radius 3 is 2.96 bits per heavy atom. The quantitative estimate of drug-likeness (QED) is 0.809. The van der Waals surface area contributed by atoms with Crippen LogP contribution in [0.2, 0.25) is 0 Å². The maximum absolute atomic E-state index is 12.9. The zero-order valence-corrected chi connectivity index (χ0v) is 14.1. The van der Waals surface area contributed by atoms with Crippen molar-refractivity contribution < 1.29 is 13.9 Å². The van der Waals surface area contributed by atoms with Crippen molar-refractivity contribution >= 4 is 11.7 Å². The molecule has 5 nitrogen and oxygen atoms in total. The van der Waals surface area contributed by atoms with Crippen molar-refractivity contribution in [3.8, 4) is 0 Å². The standard InChI is InChI=1S/C19H24N2O3/c1-23-16-7-4-6-15(12-16)13-19(22)21(14-17-8-5-11-24-17)18-9-2-3-10-20-18/h2-3,5,8-11,15-16H,4,6-7,12-14H2,1H3. The van der Waals surface area contributed by atoms with Crippen LogP contribution in [0.15, 0.2) is 47.2 Å². The highest BCUT2D eigenvalue weighted by Crippen LogP contribution is 2.29. The fourth-order valence-electron chi connectivity index (χ4n) is 3.37. The summed E-state index contributed by atoms with van der Waals surface area (Å²) in [4.78, 5) is 19.0. The Hall–Kier alpha value is -2.14. The zero-order valence-electron chi connectivity index (χ0n) is 14.1. The van der Waals surface area contributed by atoms with Crippen molar-refractivity contribution in [2.45, 2.75) is 44.8 Å². The Balaban J connectivity index is 1.71. The van der Waals surface area contributed by atoms with E-state index in [9.17, 15) is 4.79 Å². The lowest BCUT2D eigenvalue weighted by Gasteiger charge is -2.29. The van der Waals surface area contributed by atoms with Crippen LogP contribution >= 0.6 is 0 Å². The molecule has 0 saturated heterocycles. The zero-order chi connectivity index (χ0) is 16.8. The molecule has 2 aromatic rings. The molecule has 1 aliphatic rings. The molecule has 1 saturated carbocycles. The molecule has 2 aromatic heterocycles. The molecule has 2 heterocycles. The summed E-state index contributed by atoms with van der Waals surface area (Å²) in [5.74, 6) is 1.89. The highest BCUT2D eigenvalue weighted by Gasteiger charge is 2.27. The molecule has 2 unspecified atom stereocenters. The first-order valence-corrected chi connectivity index (χ1v) is 8.53. The van der Waals surface area contributed by atoms with Crippen LogP contribution in [0, 0.1) is 5.92 Å². The third kappa shape index (κ3) is 4.23. The number of ether oxygens (including phenoxy) is 1. The Morgan fingerprint density at radius 1 is 1.33 bits per heavy atom. The molecular weight excluding hydrogens is 304 g/mol. The molecule has 0 bridgehead atoms. The number of rotatable bonds is 6. The van der Waals surface area contributed by atoms with Gasteiger partial charge in [-0.05, 0) is 49.4 Å². The number of furan rings is 1. The van der Waals surface area contributed by atoms with Gasteiger partial charge >= 0.3 is 0 Å². The molecule has 5 heteroatoms. The minimum Gasteiger partial charge on any atom is -0.467 e. The van der Waals surface area contributed by atoms with Gasteiger partial charge in [-0.25, -0.2) is 4.98 Å². The third-order valence-corrected chi connectivity index (χ3v) is 4.65. The van der Waals surface area contributed by atoms with Gasteiger partial charge in [0.15, 0.2) is 0 Å². The fourth-order valence-corrected chi connectivity index (χ4v) is 3.37. The molecule has 0 N–H and O–H groups in total. The monoisotopic (exact) mass is 328 g/mol. The van der Waals surface area contributed by atoms with Crippen LogP contribution in [-0.2, 0) is 16.1 Å². The van der Waals surface area contributed by atoms with E-state index in [0.717, 1.165) is 31.4 Å². The fraction of sp³-hybridized carbons (Fsp3) is 0.474. The second kappa shape index (κ2) is 8.11. The van der Waals surface area contributed by atoms with E-state index in [1.165, 1.54) is 0 Å². The number of hydrogen-bond acceptors (Lipinski definition) is 4. The van der Waals surface area contributed by atoms with Gasteiger partial charge in [-0.2, -0.15) is 0 Å². The predicted molar refractivity (Wildman–Crippen MR) is 91.5 cm³/mol. The topological polar surface area (TPSA) is 55.6 Å². The van der Waals surface area contributed by atoms with E-state index in [-0.39, 0.29) is 12.0 Å². The number of methoxy groups -OCH3 is 1. The Kier molecular flexibility index (Phi) is 5.64. The molecule has 1 aliphatic carbocycles. The number of hydrogen-bond donors (Lipinski definition) is 0. The van der Waals surface area contributed by atoms with Gasteiger partial charge in [-0.15, -0.1) is 0 Å². The summed E-state index contributed by atoms with van der Waals surface area (Å²) in [6.45, 7) is 0.406. The smallest absolute Gasteiger partial charge is 0.228 e. The highest BCUT2D eigenvalue weighted by atomic mass is 16.5. The first-order chi connectivity index (χ1) is 11.8. The second-order valence-corrected chi connectivity index (χ2v) is 6.34. The maximum Gasteiger partial charge on any atom is 0.228 e. The van der Waals surface area contributed by atoms with E-state index >= 15 is 0 Å². The van der Waals surface area contributed by atoms with Gasteiger partial charge in [-0.3, -0.25) is 9.69 Å². The lowest BCUT2D eigenvalue weighted by molar-refractivity contribution is -0.120. The largest absolute Gasteiger partial charge is 0.467 e. The lowest BCUT2D eigenvalue weighted by atomic mass is 9.84. The molecule has 0 aromatic carbocycles. The summed E-state index contributed by atoms with van der Waals surface area (Å²) >= 11 is 0. The molecule has 3 rings (SSSR count). The van der Waals surface area contributed by atoms with Gasteiger partial charge in [0.25, 0.3) is 0 Å². The van der Waals surface area contributed by atoms with Crippen LogP contribution in [0.3, 0.4) is 0 Å². The Bertz CT molecular complexity index is 627. The van der Waals surface area contributed by atoms with Gasteiger partial charge in [0.1, 0.15) is 11.6 Å². The van der Waals surface area contributed by atoms with Gasteiger partial charge in [0.2, 0.25) is 5.91 Å². The van der Waals surface area contributed by atoms with Crippen LogP contribution in [0.25, 0.3) is 0 Å². The van der Waals surface area contributed by atoms with Gasteiger partial charge in [-0.1, -0.05) is 12.5 Å². The first kappa shape index (κ1) is 16.7. The number of anilines is 1. The molecule has 1 amide bonds. The van der Waals surface area contributed by atoms with E-state index in [1.54, 1.807) is 24.5 Å². The van der Waals surface area contributed by atoms with Crippen LogP contribution in [0.5, 0.6) is 0 Å². The van der Waals surface area contributed by atoms with Crippen LogP contribution < -0.4 is 4.90 Å². The summed E-state index contributed by atoms with van der Waals surface area (Å²) < 4.78 is 10.9. The lowest BCUT2D eigenvalue weighted by Crippen LogP contribution is -2.34. The Morgan fingerprint density at radius 2 is 2.25 bits per heavy atom. The van der Waals surface area contributed by atoms with Crippen molar-refractivity contribution in [3.63, 3.8) is 0 Å². The van der Waals surface area contributed by atoms with E-state index in [0.29, 0.717) is 24.7 Å². The normalized spacial score (nSPS) is 20.7. The molecule has 128 valence electrons. The van der Waals surface area contributed by atoms with E-state index in [4.69, 9.17) is 9.15 Å². The summed E-state index contributed by atoms with van der Waals surface area (Å²) in [7, 11) is 1.76. The summed E-state index contributed by atoms with van der Waals surface area (Å²) in [5, 5.41) is 0. The average Bonchev–Trinajstić information content (AvgIpc) is 3.14. The number of nitrogens with zero attached hydrogens (tertiary/aromatic N) is 2. The number of aromatic nitrogens is 1. The minimum atomic E-state index is 0.0897. The second-order valence-electron chi connectivity index (χ2n) is 6.34. The van der Waals surface area contributed by atoms with Crippen molar-refractivity contribution in [3.05, 3.63) is 48.6 Å². The van der Waals surface area contributed by atoms with Crippen molar-refractivity contribution in [2.75, 3.05) is 12.0 Å². The van der Waals surface area contributed by atoms with Crippen LogP contribution in [-0.4, -0.2) is 24.1 Å². The number of carbonyl (C=O) groups excluding carboxylic acids is 1. The molecule has 0 spiro atoms. The van der Waals surface area contributed by atoms with Crippen molar-refractivity contribution in [1.82, 2.24) is 4.98 Å². The molecule has 0 aliphatic heterocycles. The minimum absolute atomic E-state index is 0.0897. The predicted octanol–water partition coefficient (Wildman–Crippen LogP) is 3.80. The van der Waals surface area contributed by atoms with Gasteiger partial charge in [0.05, 0.1) is 18.9 Å². The molecular formula is C19H24N2O3. The number of amides is 1. The highest BCUT2D eigenvalue weighted by molar-refractivity contribution is 5.92. The Labute approximate surface area is 142 Å². The van der Waals surface area contributed by atoms with Crippen molar-refractivity contribution in [1.29, 1.82) is 0 Å².